The highest BCUT2D eigenvalue weighted by atomic mass is 19.4. The Balaban J connectivity index is 1.22. The molecule has 176 valence electrons. The van der Waals surface area contributed by atoms with Crippen LogP contribution in [0.2, 0.25) is 0 Å². The van der Waals surface area contributed by atoms with Gasteiger partial charge in [0.15, 0.2) is 6.29 Å². The Labute approximate surface area is 189 Å². The molecule has 1 saturated heterocycles. The number of fused-ring (bicyclic) bond motifs is 1. The van der Waals surface area contributed by atoms with Crippen molar-refractivity contribution in [3.05, 3.63) is 65.9 Å². The quantitative estimate of drug-likeness (QED) is 0.528. The van der Waals surface area contributed by atoms with Crippen molar-refractivity contribution < 1.29 is 32.1 Å². The summed E-state index contributed by atoms with van der Waals surface area (Å²) in [6, 6.07) is 13.6. The van der Waals surface area contributed by atoms with E-state index in [1.807, 2.05) is 24.3 Å². The first-order chi connectivity index (χ1) is 15.9. The summed E-state index contributed by atoms with van der Waals surface area (Å²) in [6.45, 7) is 1.47. The standard InChI is InChI=1S/C24H25F3N2O4/c1-30-20-7-8-22-21(12-20)17(10-11-28-22)4-9-23-31-14-18(15-32-23)29-13-16-2-5-19(6-3-16)33-24(25,26)27/h2-3,5-8,10-12,18,23,29H,4,9,13-15H2,1H3. The zero-order valence-corrected chi connectivity index (χ0v) is 18.1. The van der Waals surface area contributed by atoms with Gasteiger partial charge in [-0.15, -0.1) is 13.2 Å². The van der Waals surface area contributed by atoms with E-state index in [0.29, 0.717) is 26.2 Å². The SMILES string of the molecule is COc1ccc2nccc(CCC3OCC(NCc4ccc(OC(F)(F)F)cc4)CO3)c2c1. The van der Waals surface area contributed by atoms with Crippen LogP contribution in [0.25, 0.3) is 10.9 Å². The highest BCUT2D eigenvalue weighted by molar-refractivity contribution is 5.83. The normalized spacial score (nSPS) is 18.9. The Kier molecular flexibility index (Phi) is 7.32. The highest BCUT2D eigenvalue weighted by Gasteiger charge is 2.31. The van der Waals surface area contributed by atoms with E-state index in [0.717, 1.165) is 34.2 Å². The van der Waals surface area contributed by atoms with Gasteiger partial charge in [-0.3, -0.25) is 4.98 Å². The second kappa shape index (κ2) is 10.4. The van der Waals surface area contributed by atoms with Gasteiger partial charge in [0, 0.05) is 24.5 Å². The molecule has 1 fully saturated rings. The van der Waals surface area contributed by atoms with Crippen LogP contribution in [0.4, 0.5) is 13.2 Å². The van der Waals surface area contributed by atoms with Crippen LogP contribution in [-0.4, -0.2) is 44.0 Å². The fourth-order valence-electron chi connectivity index (χ4n) is 3.70. The number of rotatable bonds is 8. The molecule has 4 rings (SSSR count). The molecule has 2 aromatic carbocycles. The van der Waals surface area contributed by atoms with Gasteiger partial charge in [-0.25, -0.2) is 0 Å². The molecule has 1 aromatic heterocycles. The van der Waals surface area contributed by atoms with Crippen LogP contribution in [0.3, 0.4) is 0 Å². The van der Waals surface area contributed by atoms with Crippen molar-refractivity contribution in [1.82, 2.24) is 10.3 Å². The molecular formula is C24H25F3N2O4. The number of methoxy groups -OCH3 is 1. The van der Waals surface area contributed by atoms with Gasteiger partial charge in [0.1, 0.15) is 11.5 Å². The van der Waals surface area contributed by atoms with E-state index < -0.39 is 6.36 Å². The third-order valence-corrected chi connectivity index (χ3v) is 5.41. The molecule has 0 bridgehead atoms. The molecule has 6 nitrogen and oxygen atoms in total. The molecule has 1 aliphatic heterocycles. The molecule has 0 atom stereocenters. The zero-order valence-electron chi connectivity index (χ0n) is 18.1. The Hall–Kier alpha value is -2.88. The first-order valence-corrected chi connectivity index (χ1v) is 10.6. The number of hydrogen-bond donors (Lipinski definition) is 1. The minimum Gasteiger partial charge on any atom is -0.497 e. The van der Waals surface area contributed by atoms with Crippen molar-refractivity contribution in [3.63, 3.8) is 0 Å². The van der Waals surface area contributed by atoms with Crippen molar-refractivity contribution in [1.29, 1.82) is 0 Å². The smallest absolute Gasteiger partial charge is 0.497 e. The van der Waals surface area contributed by atoms with Crippen LogP contribution in [0, 0.1) is 0 Å². The number of aryl methyl sites for hydroxylation is 1. The molecule has 0 aliphatic carbocycles. The molecule has 33 heavy (non-hydrogen) atoms. The van der Waals surface area contributed by atoms with Crippen molar-refractivity contribution in [3.8, 4) is 11.5 Å². The van der Waals surface area contributed by atoms with Gasteiger partial charge < -0.3 is 24.3 Å². The molecule has 0 radical (unpaired) electrons. The average Bonchev–Trinajstić information content (AvgIpc) is 2.81. The van der Waals surface area contributed by atoms with E-state index in [4.69, 9.17) is 14.2 Å². The highest BCUT2D eigenvalue weighted by Crippen LogP contribution is 2.25. The van der Waals surface area contributed by atoms with Crippen molar-refractivity contribution >= 4 is 10.9 Å². The Bertz CT molecular complexity index is 1050. The van der Waals surface area contributed by atoms with Gasteiger partial charge in [0.25, 0.3) is 0 Å². The topological polar surface area (TPSA) is 61.8 Å². The van der Waals surface area contributed by atoms with Gasteiger partial charge in [-0.1, -0.05) is 12.1 Å². The predicted octanol–water partition coefficient (Wildman–Crippen LogP) is 4.61. The number of nitrogens with zero attached hydrogens (tertiary/aromatic N) is 1. The predicted molar refractivity (Wildman–Crippen MR) is 116 cm³/mol. The lowest BCUT2D eigenvalue weighted by Gasteiger charge is -2.30. The first-order valence-electron chi connectivity index (χ1n) is 10.6. The average molecular weight is 462 g/mol. The summed E-state index contributed by atoms with van der Waals surface area (Å²) >= 11 is 0. The number of benzene rings is 2. The van der Waals surface area contributed by atoms with E-state index >= 15 is 0 Å². The molecule has 0 spiro atoms. The lowest BCUT2D eigenvalue weighted by molar-refractivity contribution is -0.274. The Morgan fingerprint density at radius 2 is 1.76 bits per heavy atom. The second-order valence-electron chi connectivity index (χ2n) is 7.76. The Morgan fingerprint density at radius 3 is 2.45 bits per heavy atom. The number of hydrogen-bond acceptors (Lipinski definition) is 6. The maximum atomic E-state index is 12.2. The van der Waals surface area contributed by atoms with E-state index in [-0.39, 0.29) is 18.1 Å². The monoisotopic (exact) mass is 462 g/mol. The minimum atomic E-state index is -4.69. The minimum absolute atomic E-state index is 0.00151. The van der Waals surface area contributed by atoms with E-state index in [9.17, 15) is 13.2 Å². The summed E-state index contributed by atoms with van der Waals surface area (Å²) < 4.78 is 57.7. The third kappa shape index (κ3) is 6.56. The lowest BCUT2D eigenvalue weighted by Crippen LogP contribution is -2.44. The van der Waals surface area contributed by atoms with Crippen LogP contribution in [0.5, 0.6) is 11.5 Å². The summed E-state index contributed by atoms with van der Waals surface area (Å²) in [5.74, 6) is 0.553. The molecule has 0 unspecified atom stereocenters. The van der Waals surface area contributed by atoms with Crippen molar-refractivity contribution in [2.24, 2.45) is 0 Å². The van der Waals surface area contributed by atoms with Gasteiger partial charge in [-0.05, 0) is 53.9 Å². The van der Waals surface area contributed by atoms with Crippen molar-refractivity contribution in [2.45, 2.75) is 38.1 Å². The maximum Gasteiger partial charge on any atom is 0.573 e. The van der Waals surface area contributed by atoms with E-state index in [1.165, 1.54) is 12.1 Å². The molecule has 0 saturated carbocycles. The summed E-state index contributed by atoms with van der Waals surface area (Å²) in [4.78, 5) is 4.40. The van der Waals surface area contributed by atoms with Gasteiger partial charge >= 0.3 is 6.36 Å². The molecule has 9 heteroatoms. The van der Waals surface area contributed by atoms with E-state index in [2.05, 4.69) is 15.0 Å². The molecule has 2 heterocycles. The number of aromatic nitrogens is 1. The van der Waals surface area contributed by atoms with E-state index in [1.54, 1.807) is 25.4 Å². The number of pyridine rings is 1. The first kappa shape index (κ1) is 23.3. The third-order valence-electron chi connectivity index (χ3n) is 5.41. The lowest BCUT2D eigenvalue weighted by atomic mass is 10.0. The molecule has 1 N–H and O–H groups in total. The van der Waals surface area contributed by atoms with Gasteiger partial charge in [0.2, 0.25) is 0 Å². The molecular weight excluding hydrogens is 437 g/mol. The van der Waals surface area contributed by atoms with Gasteiger partial charge in [0.05, 0.1) is 31.9 Å². The summed E-state index contributed by atoms with van der Waals surface area (Å²) in [5, 5.41) is 4.36. The largest absolute Gasteiger partial charge is 0.573 e. The summed E-state index contributed by atoms with van der Waals surface area (Å²) in [7, 11) is 1.64. The van der Waals surface area contributed by atoms with Gasteiger partial charge in [-0.2, -0.15) is 0 Å². The van der Waals surface area contributed by atoms with Crippen LogP contribution in [0.1, 0.15) is 17.5 Å². The summed E-state index contributed by atoms with van der Waals surface area (Å²) in [6.07, 6.45) is -1.69. The van der Waals surface area contributed by atoms with Crippen molar-refractivity contribution in [2.75, 3.05) is 20.3 Å². The number of alkyl halides is 3. The second-order valence-corrected chi connectivity index (χ2v) is 7.76. The van der Waals surface area contributed by atoms with Crippen LogP contribution in [0.15, 0.2) is 54.7 Å². The molecule has 1 aliphatic rings. The number of ether oxygens (including phenoxy) is 4. The maximum absolute atomic E-state index is 12.2. The fraction of sp³-hybridized carbons (Fsp3) is 0.375. The summed E-state index contributed by atoms with van der Waals surface area (Å²) in [5.41, 5.74) is 2.91. The Morgan fingerprint density at radius 1 is 1.03 bits per heavy atom. The zero-order chi connectivity index (χ0) is 23.3. The molecule has 0 amide bonds. The fourth-order valence-corrected chi connectivity index (χ4v) is 3.70. The van der Waals surface area contributed by atoms with Crippen LogP contribution < -0.4 is 14.8 Å². The number of nitrogens with one attached hydrogen (secondary N) is 1. The molecule has 3 aromatic rings. The number of halogens is 3. The van der Waals surface area contributed by atoms with Crippen LogP contribution >= 0.6 is 0 Å². The van der Waals surface area contributed by atoms with Crippen LogP contribution in [-0.2, 0) is 22.4 Å².